The Hall–Kier alpha value is -2.96. The second-order valence-electron chi connectivity index (χ2n) is 6.09. The Morgan fingerprint density at radius 2 is 1.88 bits per heavy atom. The van der Waals surface area contributed by atoms with Crippen molar-refractivity contribution in [3.63, 3.8) is 0 Å². The smallest absolute Gasteiger partial charge is 0.269 e. The first-order valence-electron chi connectivity index (χ1n) is 8.32. The normalized spacial score (nSPS) is 13.7. The molecule has 130 valence electrons. The molecule has 7 nitrogen and oxygen atoms in total. The number of nitro benzene ring substituents is 1. The van der Waals surface area contributed by atoms with E-state index >= 15 is 0 Å². The number of nitrogens with one attached hydrogen (secondary N) is 1. The molecular weight excluding hydrogens is 320 g/mol. The van der Waals surface area contributed by atoms with Gasteiger partial charge in [-0.25, -0.2) is 4.98 Å². The average Bonchev–Trinajstić information content (AvgIpc) is 3.15. The fourth-order valence-corrected chi connectivity index (χ4v) is 2.87. The Kier molecular flexibility index (Phi) is 5.23. The molecule has 1 amide bonds. The van der Waals surface area contributed by atoms with Gasteiger partial charge in [0.15, 0.2) is 0 Å². The molecule has 1 aromatic carbocycles. The highest BCUT2D eigenvalue weighted by Gasteiger charge is 2.14. The van der Waals surface area contributed by atoms with Crippen LogP contribution in [0.15, 0.2) is 42.6 Å². The van der Waals surface area contributed by atoms with E-state index in [4.69, 9.17) is 0 Å². The molecule has 1 saturated heterocycles. The minimum absolute atomic E-state index is 0.0235. The first kappa shape index (κ1) is 16.9. The molecule has 3 rings (SSSR count). The largest absolute Gasteiger partial charge is 0.357 e. The van der Waals surface area contributed by atoms with Crippen molar-refractivity contribution in [1.82, 2.24) is 10.3 Å². The predicted octanol–water partition coefficient (Wildman–Crippen LogP) is 2.45. The molecule has 0 radical (unpaired) electrons. The number of rotatable bonds is 6. The molecule has 0 aliphatic carbocycles. The number of hydrogen-bond donors (Lipinski definition) is 1. The predicted molar refractivity (Wildman–Crippen MR) is 94.3 cm³/mol. The van der Waals surface area contributed by atoms with Gasteiger partial charge in [0.25, 0.3) is 5.69 Å². The molecule has 0 saturated carbocycles. The van der Waals surface area contributed by atoms with E-state index in [0.29, 0.717) is 6.54 Å². The van der Waals surface area contributed by atoms with E-state index in [9.17, 15) is 14.9 Å². The molecule has 0 unspecified atom stereocenters. The maximum atomic E-state index is 12.1. The van der Waals surface area contributed by atoms with Crippen LogP contribution in [-0.2, 0) is 17.8 Å². The number of nitrogens with zero attached hydrogens (tertiary/aromatic N) is 3. The molecule has 0 spiro atoms. The van der Waals surface area contributed by atoms with Gasteiger partial charge < -0.3 is 10.2 Å². The van der Waals surface area contributed by atoms with Crippen LogP contribution in [0.3, 0.4) is 0 Å². The lowest BCUT2D eigenvalue weighted by Crippen LogP contribution is -2.25. The standard InChI is InChI=1S/C18H20N4O3/c23-18(12-14-3-5-16(6-4-14)22(24)25)20-13-15-7-8-19-17(11-15)21-9-1-2-10-21/h3-8,11H,1-2,9-10,12-13H2,(H,20,23). The fraction of sp³-hybridized carbons (Fsp3) is 0.333. The molecule has 1 aromatic heterocycles. The number of aromatic nitrogens is 1. The minimum atomic E-state index is -0.453. The van der Waals surface area contributed by atoms with E-state index in [0.717, 1.165) is 30.0 Å². The van der Waals surface area contributed by atoms with Crippen LogP contribution >= 0.6 is 0 Å². The molecule has 2 heterocycles. The van der Waals surface area contributed by atoms with Gasteiger partial charge >= 0.3 is 0 Å². The van der Waals surface area contributed by atoms with Crippen LogP contribution in [0.1, 0.15) is 24.0 Å². The Morgan fingerprint density at radius 1 is 1.16 bits per heavy atom. The van der Waals surface area contributed by atoms with Crippen molar-refractivity contribution in [2.75, 3.05) is 18.0 Å². The number of anilines is 1. The third kappa shape index (κ3) is 4.53. The molecule has 7 heteroatoms. The number of hydrogen-bond acceptors (Lipinski definition) is 5. The topological polar surface area (TPSA) is 88.4 Å². The van der Waals surface area contributed by atoms with E-state index in [1.54, 1.807) is 18.3 Å². The van der Waals surface area contributed by atoms with Gasteiger partial charge in [-0.2, -0.15) is 0 Å². The van der Waals surface area contributed by atoms with E-state index < -0.39 is 4.92 Å². The zero-order valence-electron chi connectivity index (χ0n) is 13.9. The van der Waals surface area contributed by atoms with Gasteiger partial charge in [0, 0.05) is 38.0 Å². The first-order valence-corrected chi connectivity index (χ1v) is 8.32. The first-order chi connectivity index (χ1) is 12.1. The molecule has 1 N–H and O–H groups in total. The molecule has 1 aliphatic rings. The van der Waals surface area contributed by atoms with Crippen molar-refractivity contribution >= 4 is 17.4 Å². The van der Waals surface area contributed by atoms with Gasteiger partial charge in [-0.1, -0.05) is 12.1 Å². The molecular formula is C18H20N4O3. The van der Waals surface area contributed by atoms with E-state index in [1.807, 2.05) is 12.1 Å². The monoisotopic (exact) mass is 340 g/mol. The van der Waals surface area contributed by atoms with Crippen molar-refractivity contribution in [2.24, 2.45) is 0 Å². The van der Waals surface area contributed by atoms with Crippen LogP contribution in [0.25, 0.3) is 0 Å². The SMILES string of the molecule is O=C(Cc1ccc([N+](=O)[O-])cc1)NCc1ccnc(N2CCCC2)c1. The molecule has 25 heavy (non-hydrogen) atoms. The van der Waals surface area contributed by atoms with E-state index in [-0.39, 0.29) is 18.0 Å². The van der Waals surface area contributed by atoms with Crippen molar-refractivity contribution in [2.45, 2.75) is 25.8 Å². The second-order valence-corrected chi connectivity index (χ2v) is 6.09. The van der Waals surface area contributed by atoms with Crippen LogP contribution in [0, 0.1) is 10.1 Å². The zero-order valence-corrected chi connectivity index (χ0v) is 13.9. The summed E-state index contributed by atoms with van der Waals surface area (Å²) in [4.78, 5) is 28.9. The number of carbonyl (C=O) groups is 1. The summed E-state index contributed by atoms with van der Waals surface area (Å²) in [5.41, 5.74) is 1.78. The summed E-state index contributed by atoms with van der Waals surface area (Å²) in [5.74, 6) is 0.841. The average molecular weight is 340 g/mol. The summed E-state index contributed by atoms with van der Waals surface area (Å²) in [6.07, 6.45) is 4.35. The summed E-state index contributed by atoms with van der Waals surface area (Å²) in [6, 6.07) is 9.94. The Morgan fingerprint density at radius 3 is 2.56 bits per heavy atom. The number of non-ortho nitro benzene ring substituents is 1. The summed E-state index contributed by atoms with van der Waals surface area (Å²) in [5, 5.41) is 13.5. The van der Waals surface area contributed by atoms with E-state index in [1.165, 1.54) is 25.0 Å². The quantitative estimate of drug-likeness (QED) is 0.644. The lowest BCUT2D eigenvalue weighted by Gasteiger charge is -2.17. The third-order valence-corrected chi connectivity index (χ3v) is 4.24. The highest BCUT2D eigenvalue weighted by atomic mass is 16.6. The number of benzene rings is 1. The summed E-state index contributed by atoms with van der Waals surface area (Å²) >= 11 is 0. The second kappa shape index (κ2) is 7.74. The Bertz CT molecular complexity index is 755. The van der Waals surface area contributed by atoms with Gasteiger partial charge in [0.1, 0.15) is 5.82 Å². The van der Waals surface area contributed by atoms with Crippen LogP contribution in [0.5, 0.6) is 0 Å². The van der Waals surface area contributed by atoms with Gasteiger partial charge in [-0.15, -0.1) is 0 Å². The summed E-state index contributed by atoms with van der Waals surface area (Å²) in [7, 11) is 0. The maximum absolute atomic E-state index is 12.1. The van der Waals surface area contributed by atoms with Gasteiger partial charge in [0.05, 0.1) is 11.3 Å². The van der Waals surface area contributed by atoms with Crippen LogP contribution in [0.4, 0.5) is 11.5 Å². The Labute approximate surface area is 145 Å². The molecule has 1 aliphatic heterocycles. The summed E-state index contributed by atoms with van der Waals surface area (Å²) in [6.45, 7) is 2.50. The van der Waals surface area contributed by atoms with Gasteiger partial charge in [-0.05, 0) is 36.1 Å². The lowest BCUT2D eigenvalue weighted by molar-refractivity contribution is -0.384. The number of carbonyl (C=O) groups excluding carboxylic acids is 1. The molecule has 0 bridgehead atoms. The molecule has 2 aromatic rings. The van der Waals surface area contributed by atoms with Gasteiger partial charge in [0.2, 0.25) is 5.91 Å². The summed E-state index contributed by atoms with van der Waals surface area (Å²) < 4.78 is 0. The van der Waals surface area contributed by atoms with Crippen molar-refractivity contribution in [1.29, 1.82) is 0 Å². The number of amides is 1. The van der Waals surface area contributed by atoms with Crippen molar-refractivity contribution in [3.05, 3.63) is 63.8 Å². The molecule has 1 fully saturated rings. The van der Waals surface area contributed by atoms with Crippen molar-refractivity contribution in [3.8, 4) is 0 Å². The zero-order chi connectivity index (χ0) is 17.6. The highest BCUT2D eigenvalue weighted by molar-refractivity contribution is 5.78. The molecule has 0 atom stereocenters. The van der Waals surface area contributed by atoms with Crippen molar-refractivity contribution < 1.29 is 9.72 Å². The van der Waals surface area contributed by atoms with Crippen LogP contribution in [0.2, 0.25) is 0 Å². The Balaban J connectivity index is 1.53. The number of pyridine rings is 1. The van der Waals surface area contributed by atoms with E-state index in [2.05, 4.69) is 15.2 Å². The number of nitro groups is 1. The minimum Gasteiger partial charge on any atom is -0.357 e. The van der Waals surface area contributed by atoms with Crippen LogP contribution < -0.4 is 10.2 Å². The maximum Gasteiger partial charge on any atom is 0.269 e. The third-order valence-electron chi connectivity index (χ3n) is 4.24. The highest BCUT2D eigenvalue weighted by Crippen LogP contribution is 2.18. The van der Waals surface area contributed by atoms with Crippen LogP contribution in [-0.4, -0.2) is 28.9 Å². The lowest BCUT2D eigenvalue weighted by atomic mass is 10.1. The van der Waals surface area contributed by atoms with Gasteiger partial charge in [-0.3, -0.25) is 14.9 Å². The fourth-order valence-electron chi connectivity index (χ4n) is 2.87.